The molecular weight excluding hydrogens is 430 g/mol. The summed E-state index contributed by atoms with van der Waals surface area (Å²) in [6.07, 6.45) is 27.3. The lowest BCUT2D eigenvalue weighted by molar-refractivity contribution is 0.832. The Balaban J connectivity index is 1.63. The molecule has 0 atom stereocenters. The maximum Gasteiger partial charge on any atom is 0.0129 e. The van der Waals surface area contributed by atoms with Crippen LogP contribution in [0.2, 0.25) is 0 Å². The Morgan fingerprint density at radius 1 is 0.516 bits per heavy atom. The number of rotatable bonds is 8. The summed E-state index contributed by atoms with van der Waals surface area (Å²) in [5, 5.41) is 4.17. The lowest BCUT2D eigenvalue weighted by Gasteiger charge is -2.37. The molecule has 4 aliphatic carbocycles. The number of thiophene rings is 1. The molecule has 4 fully saturated rings. The highest BCUT2D eigenvalue weighted by atomic mass is 32.1. The van der Waals surface area contributed by atoms with Crippen LogP contribution in [0, 0.1) is 0 Å². The van der Waals surface area contributed by atoms with Gasteiger partial charge in [-0.3, -0.25) is 0 Å². The van der Waals surface area contributed by atoms with Crippen molar-refractivity contribution in [1.29, 1.82) is 0 Å². The van der Waals surface area contributed by atoms with Crippen LogP contribution < -0.4 is 10.6 Å². The molecule has 31 heavy (non-hydrogen) atoms. The zero-order valence-electron chi connectivity index (χ0n) is 20.3. The van der Waals surface area contributed by atoms with Gasteiger partial charge < -0.3 is 0 Å². The Morgan fingerprint density at radius 2 is 0.774 bits per heavy atom. The van der Waals surface area contributed by atoms with Gasteiger partial charge in [0.25, 0.3) is 0 Å². The molecule has 0 nitrogen and oxygen atoms in total. The van der Waals surface area contributed by atoms with E-state index in [1.165, 1.54) is 64.2 Å². The molecule has 0 bridgehead atoms. The first-order chi connectivity index (χ1) is 15.3. The van der Waals surface area contributed by atoms with Crippen molar-refractivity contribution in [1.82, 2.24) is 0 Å². The molecule has 4 saturated carbocycles. The van der Waals surface area contributed by atoms with Crippen LogP contribution in [0.3, 0.4) is 0 Å². The van der Waals surface area contributed by atoms with Crippen LogP contribution >= 0.6 is 27.2 Å². The van der Waals surface area contributed by atoms with E-state index in [2.05, 4.69) is 35.8 Å². The van der Waals surface area contributed by atoms with Gasteiger partial charge in [-0.2, -0.15) is 0 Å². The topological polar surface area (TPSA) is 0 Å². The molecule has 1 aromatic heterocycles. The zero-order chi connectivity index (χ0) is 21.2. The van der Waals surface area contributed by atoms with Crippen molar-refractivity contribution in [3.05, 3.63) is 9.75 Å². The third kappa shape index (κ3) is 4.73. The van der Waals surface area contributed by atoms with Gasteiger partial charge in [0.1, 0.15) is 0 Å². The summed E-state index contributed by atoms with van der Waals surface area (Å²) in [5.41, 5.74) is 4.30. The van der Waals surface area contributed by atoms with Gasteiger partial charge in [-0.25, -0.2) is 0 Å². The van der Waals surface area contributed by atoms with Gasteiger partial charge >= 0.3 is 0 Å². The summed E-state index contributed by atoms with van der Waals surface area (Å²) >= 11 is 2.31. The minimum atomic E-state index is 0.0751. The SMILES string of the molecule is CCc1sc(CC)c(P(C2CCCC2)C2CCCC2)c1P(C1CCCC1)C1CCCC1. The summed E-state index contributed by atoms with van der Waals surface area (Å²) in [4.78, 5) is 3.75. The molecule has 0 N–H and O–H groups in total. The van der Waals surface area contributed by atoms with Crippen LogP contribution in [0.4, 0.5) is 0 Å². The fourth-order valence-corrected chi connectivity index (χ4v) is 18.3. The standard InChI is InChI=1S/C28H46P2S/c1-3-25-27(29(21-13-5-6-14-21)22-15-7-8-16-22)28(26(4-2)31-25)30(23-17-9-10-18-23)24-19-11-12-20-24/h21-24H,3-20H2,1-2H3. The Bertz CT molecular complexity index is 610. The third-order valence-electron chi connectivity index (χ3n) is 9.03. The van der Waals surface area contributed by atoms with Crippen molar-refractivity contribution in [2.75, 3.05) is 0 Å². The lowest BCUT2D eigenvalue weighted by Crippen LogP contribution is -2.34. The third-order valence-corrected chi connectivity index (χ3v) is 18.2. The first-order valence-electron chi connectivity index (χ1n) is 14.0. The highest BCUT2D eigenvalue weighted by molar-refractivity contribution is 7.74. The van der Waals surface area contributed by atoms with Crippen molar-refractivity contribution in [3.63, 3.8) is 0 Å². The van der Waals surface area contributed by atoms with E-state index in [9.17, 15) is 0 Å². The van der Waals surface area contributed by atoms with E-state index in [0.29, 0.717) is 0 Å². The monoisotopic (exact) mass is 476 g/mol. The second kappa shape index (κ2) is 10.9. The highest BCUT2D eigenvalue weighted by Gasteiger charge is 2.42. The molecule has 0 aromatic carbocycles. The van der Waals surface area contributed by atoms with Crippen LogP contribution in [-0.4, -0.2) is 22.6 Å². The average Bonchev–Trinajstić information content (AvgIpc) is 3.62. The number of hydrogen-bond donors (Lipinski definition) is 0. The molecule has 174 valence electrons. The van der Waals surface area contributed by atoms with E-state index in [1.807, 2.05) is 9.75 Å². The summed E-state index contributed by atoms with van der Waals surface area (Å²) in [6.45, 7) is 4.98. The predicted octanol–water partition coefficient (Wildman–Crippen LogP) is 8.86. The highest BCUT2D eigenvalue weighted by Crippen LogP contribution is 2.62. The van der Waals surface area contributed by atoms with Crippen LogP contribution in [-0.2, 0) is 12.8 Å². The maximum absolute atomic E-state index is 2.49. The van der Waals surface area contributed by atoms with Gasteiger partial charge in [0.15, 0.2) is 0 Å². The van der Waals surface area contributed by atoms with Crippen molar-refractivity contribution in [2.45, 2.75) is 152 Å². The first-order valence-corrected chi connectivity index (χ1v) is 17.8. The molecule has 0 aliphatic heterocycles. The van der Waals surface area contributed by atoms with Gasteiger partial charge in [-0.1, -0.05) is 81.1 Å². The van der Waals surface area contributed by atoms with Crippen molar-refractivity contribution < 1.29 is 0 Å². The molecule has 5 rings (SSSR count). The van der Waals surface area contributed by atoms with E-state index in [4.69, 9.17) is 0 Å². The Kier molecular flexibility index (Phi) is 8.17. The van der Waals surface area contributed by atoms with E-state index in [0.717, 1.165) is 22.6 Å². The van der Waals surface area contributed by atoms with Crippen LogP contribution in [0.25, 0.3) is 0 Å². The van der Waals surface area contributed by atoms with Gasteiger partial charge in [0.2, 0.25) is 0 Å². The zero-order valence-corrected chi connectivity index (χ0v) is 22.9. The molecule has 0 unspecified atom stereocenters. The summed E-state index contributed by atoms with van der Waals surface area (Å²) in [6, 6.07) is 0. The van der Waals surface area contributed by atoms with E-state index in [-0.39, 0.29) is 15.8 Å². The minimum Gasteiger partial charge on any atom is -0.144 e. The number of aryl methyl sites for hydroxylation is 2. The second-order valence-corrected chi connectivity index (χ2v) is 17.6. The fourth-order valence-electron chi connectivity index (χ4n) is 7.58. The minimum absolute atomic E-state index is 0.0751. The molecule has 0 spiro atoms. The molecule has 0 radical (unpaired) electrons. The van der Waals surface area contributed by atoms with Gasteiger partial charge in [-0.05, 0) is 97.5 Å². The molecule has 1 aromatic rings. The van der Waals surface area contributed by atoms with Crippen LogP contribution in [0.1, 0.15) is 126 Å². The van der Waals surface area contributed by atoms with Gasteiger partial charge in [0.05, 0.1) is 0 Å². The van der Waals surface area contributed by atoms with Crippen LogP contribution in [0.15, 0.2) is 0 Å². The Hall–Kier alpha value is 0.560. The summed E-state index contributed by atoms with van der Waals surface area (Å²) in [5.74, 6) is 0. The summed E-state index contributed by atoms with van der Waals surface area (Å²) < 4.78 is 0. The molecule has 0 amide bonds. The Labute approximate surface area is 199 Å². The smallest absolute Gasteiger partial charge is 0.0129 e. The molecule has 3 heteroatoms. The lowest BCUT2D eigenvalue weighted by atomic mass is 10.3. The second-order valence-electron chi connectivity index (χ2n) is 10.9. The fraction of sp³-hybridized carbons (Fsp3) is 0.857. The van der Waals surface area contributed by atoms with Crippen molar-refractivity contribution in [3.8, 4) is 0 Å². The van der Waals surface area contributed by atoms with E-state index in [1.54, 1.807) is 51.4 Å². The molecule has 0 saturated heterocycles. The normalized spacial score (nSPS) is 24.6. The van der Waals surface area contributed by atoms with Gasteiger partial charge in [-0.15, -0.1) is 11.3 Å². The van der Waals surface area contributed by atoms with Crippen LogP contribution in [0.5, 0.6) is 0 Å². The Morgan fingerprint density at radius 3 is 1.00 bits per heavy atom. The summed E-state index contributed by atoms with van der Waals surface area (Å²) in [7, 11) is 0.150. The molecular formula is C28H46P2S. The first kappa shape index (κ1) is 23.3. The van der Waals surface area contributed by atoms with Crippen molar-refractivity contribution >= 4 is 37.8 Å². The number of hydrogen-bond acceptors (Lipinski definition) is 1. The van der Waals surface area contributed by atoms with Crippen molar-refractivity contribution in [2.24, 2.45) is 0 Å². The molecule has 1 heterocycles. The van der Waals surface area contributed by atoms with E-state index < -0.39 is 0 Å². The quantitative estimate of drug-likeness (QED) is 0.329. The maximum atomic E-state index is 2.49. The molecule has 4 aliphatic rings. The largest absolute Gasteiger partial charge is 0.144 e. The average molecular weight is 477 g/mol. The van der Waals surface area contributed by atoms with Gasteiger partial charge in [0, 0.05) is 9.75 Å². The van der Waals surface area contributed by atoms with E-state index >= 15 is 0 Å². The predicted molar refractivity (Wildman–Crippen MR) is 145 cm³/mol.